The summed E-state index contributed by atoms with van der Waals surface area (Å²) in [7, 11) is 0. The number of hydrogen-bond acceptors (Lipinski definition) is 6. The molecule has 7 heteroatoms. The Morgan fingerprint density at radius 2 is 2.17 bits per heavy atom. The van der Waals surface area contributed by atoms with Crippen molar-refractivity contribution in [3.05, 3.63) is 31.5 Å². The SMILES string of the molecule is CC(C)(C)O[C-]=O.[CH2-]CN1c2cc(C#N)c(N)cc2OC[C@@H]1[CH2-].[Li+]. The van der Waals surface area contributed by atoms with Crippen LogP contribution < -0.4 is 34.2 Å². The summed E-state index contributed by atoms with van der Waals surface area (Å²) in [4.78, 5) is 11.5. The van der Waals surface area contributed by atoms with Crippen molar-refractivity contribution in [2.75, 3.05) is 23.8 Å². The maximum Gasteiger partial charge on any atom is 1.00 e. The van der Waals surface area contributed by atoms with Crippen LogP contribution in [0.25, 0.3) is 0 Å². The molecular weight excluding hydrogens is 301 g/mol. The van der Waals surface area contributed by atoms with Gasteiger partial charge in [0.1, 0.15) is 11.8 Å². The second-order valence-electron chi connectivity index (χ2n) is 5.97. The topological polar surface area (TPSA) is 88.6 Å². The molecule has 0 spiro atoms. The van der Waals surface area contributed by atoms with E-state index in [9.17, 15) is 4.79 Å². The van der Waals surface area contributed by atoms with E-state index in [0.29, 0.717) is 30.2 Å². The Hall–Kier alpha value is -1.82. The monoisotopic (exact) mass is 323 g/mol. The summed E-state index contributed by atoms with van der Waals surface area (Å²) in [5.74, 6) is 0.694. The summed E-state index contributed by atoms with van der Waals surface area (Å²) in [6.45, 7) is 15.6. The number of anilines is 2. The van der Waals surface area contributed by atoms with Gasteiger partial charge >= 0.3 is 18.9 Å². The third-order valence-corrected chi connectivity index (χ3v) is 3.02. The van der Waals surface area contributed by atoms with Gasteiger partial charge in [0.25, 0.3) is 0 Å². The number of nitrogens with two attached hydrogens (primary N) is 1. The van der Waals surface area contributed by atoms with Crippen molar-refractivity contribution in [2.45, 2.75) is 32.4 Å². The van der Waals surface area contributed by atoms with E-state index in [1.807, 2.05) is 4.90 Å². The number of nitrogen functional groups attached to an aromatic ring is 1. The number of fused-ring (bicyclic) bond motifs is 1. The van der Waals surface area contributed by atoms with Crippen LogP contribution in [-0.2, 0) is 9.53 Å². The summed E-state index contributed by atoms with van der Waals surface area (Å²) in [5, 5.41) is 8.92. The van der Waals surface area contributed by atoms with E-state index in [4.69, 9.17) is 15.7 Å². The fourth-order valence-electron chi connectivity index (χ4n) is 1.92. The van der Waals surface area contributed by atoms with E-state index >= 15 is 0 Å². The predicted octanol–water partition coefficient (Wildman–Crippen LogP) is -0.751. The largest absolute Gasteiger partial charge is 1.00 e. The van der Waals surface area contributed by atoms with E-state index in [2.05, 4.69) is 24.7 Å². The minimum absolute atomic E-state index is 0. The summed E-state index contributed by atoms with van der Waals surface area (Å²) in [6.07, 6.45) is 0. The first-order valence-electron chi connectivity index (χ1n) is 7.14. The van der Waals surface area contributed by atoms with Gasteiger partial charge in [0.05, 0.1) is 29.1 Å². The van der Waals surface area contributed by atoms with E-state index in [1.54, 1.807) is 32.9 Å². The van der Waals surface area contributed by atoms with Crippen LogP contribution in [0.4, 0.5) is 11.4 Å². The van der Waals surface area contributed by atoms with E-state index < -0.39 is 0 Å². The first-order chi connectivity index (χ1) is 10.7. The molecule has 0 aromatic heterocycles. The zero-order valence-electron chi connectivity index (χ0n) is 14.8. The van der Waals surface area contributed by atoms with Crippen LogP contribution in [0.2, 0.25) is 0 Å². The molecule has 1 aliphatic heterocycles. The number of hydrogen-bond donors (Lipinski definition) is 1. The van der Waals surface area contributed by atoms with Crippen molar-refractivity contribution in [2.24, 2.45) is 0 Å². The van der Waals surface area contributed by atoms with Gasteiger partial charge in [0.2, 0.25) is 0 Å². The Bertz CT molecular complexity index is 594. The smallest absolute Gasteiger partial charge is 0.649 e. The van der Waals surface area contributed by atoms with Gasteiger partial charge in [-0.3, -0.25) is 0 Å². The molecule has 0 saturated carbocycles. The van der Waals surface area contributed by atoms with E-state index in [-0.39, 0.29) is 30.5 Å². The minimum atomic E-state index is -0.373. The van der Waals surface area contributed by atoms with Gasteiger partial charge in [-0.15, -0.1) is 6.54 Å². The van der Waals surface area contributed by atoms with Gasteiger partial charge in [-0.05, 0) is 26.8 Å². The van der Waals surface area contributed by atoms with Crippen LogP contribution in [0.15, 0.2) is 12.1 Å². The fraction of sp³-hybridized carbons (Fsp3) is 0.412. The van der Waals surface area contributed by atoms with Crippen LogP contribution in [0.3, 0.4) is 0 Å². The molecule has 2 N–H and O–H groups in total. The Morgan fingerprint density at radius 1 is 1.54 bits per heavy atom. The Labute approximate surface area is 156 Å². The molecule has 1 aromatic carbocycles. The second-order valence-corrected chi connectivity index (χ2v) is 5.97. The number of nitrogens with zero attached hydrogens (tertiary/aromatic N) is 2. The van der Waals surface area contributed by atoms with Crippen LogP contribution >= 0.6 is 0 Å². The summed E-state index contributed by atoms with van der Waals surface area (Å²) in [6, 6.07) is 5.48. The molecule has 126 valence electrons. The number of rotatable bonds is 2. The van der Waals surface area contributed by atoms with Gasteiger partial charge in [-0.2, -0.15) is 5.26 Å². The molecule has 0 amide bonds. The standard InChI is InChI=1S/C12H13N3O.C5H9O2.Li/c1-3-15-8(2)7-16-12-5-10(14)9(6-13)4-11(12)15;1-5(2,3)7-4-6;/h4-5,8H,1-3,7,14H2;1-3H3;/q-2;-1;+1/t8-;;/m0../s1. The summed E-state index contributed by atoms with van der Waals surface area (Å²) < 4.78 is 9.95. The number of ether oxygens (including phenoxy) is 2. The molecule has 1 aromatic rings. The van der Waals surface area contributed by atoms with Crippen molar-refractivity contribution in [1.82, 2.24) is 0 Å². The van der Waals surface area contributed by atoms with Crippen LogP contribution in [0.1, 0.15) is 26.3 Å². The fourth-order valence-corrected chi connectivity index (χ4v) is 1.92. The Kier molecular flexibility index (Phi) is 8.75. The predicted molar refractivity (Wildman–Crippen MR) is 89.4 cm³/mol. The molecule has 1 aliphatic rings. The quantitative estimate of drug-likeness (QED) is 0.438. The molecule has 0 unspecified atom stereocenters. The molecule has 0 fully saturated rings. The van der Waals surface area contributed by atoms with Crippen molar-refractivity contribution >= 4 is 17.8 Å². The maximum atomic E-state index is 9.47. The molecule has 1 heterocycles. The maximum absolute atomic E-state index is 9.47. The Balaban J connectivity index is 0.000000570. The molecule has 0 radical (unpaired) electrons. The van der Waals surface area contributed by atoms with E-state index in [1.165, 1.54) is 6.47 Å². The number of carbonyl (C=O) groups excluding carboxylic acids is 1. The van der Waals surface area contributed by atoms with E-state index in [0.717, 1.165) is 5.69 Å². The van der Waals surface area contributed by atoms with Crippen molar-refractivity contribution in [3.63, 3.8) is 0 Å². The van der Waals surface area contributed by atoms with Crippen LogP contribution in [0.5, 0.6) is 5.75 Å². The first kappa shape index (κ1) is 22.2. The zero-order chi connectivity index (χ0) is 17.6. The molecular formula is C17H22LiN3O3-2. The molecule has 1 atom stereocenters. The van der Waals surface area contributed by atoms with Crippen molar-refractivity contribution in [1.29, 1.82) is 5.26 Å². The third-order valence-electron chi connectivity index (χ3n) is 3.02. The van der Waals surface area contributed by atoms with Crippen LogP contribution in [-0.4, -0.2) is 31.3 Å². The van der Waals surface area contributed by atoms with Crippen molar-refractivity contribution in [3.8, 4) is 11.8 Å². The van der Waals surface area contributed by atoms with Gasteiger partial charge < -0.3 is 38.7 Å². The average molecular weight is 323 g/mol. The van der Waals surface area contributed by atoms with Crippen molar-refractivity contribution < 1.29 is 33.1 Å². The number of nitriles is 1. The molecule has 24 heavy (non-hydrogen) atoms. The van der Waals surface area contributed by atoms with Gasteiger partial charge in [-0.25, -0.2) is 0 Å². The summed E-state index contributed by atoms with van der Waals surface area (Å²) in [5.41, 5.74) is 7.08. The second kappa shape index (κ2) is 9.47. The minimum Gasteiger partial charge on any atom is -0.649 e. The number of benzene rings is 1. The summed E-state index contributed by atoms with van der Waals surface area (Å²) >= 11 is 0. The Morgan fingerprint density at radius 3 is 2.58 bits per heavy atom. The van der Waals surface area contributed by atoms with Gasteiger partial charge in [0, 0.05) is 6.07 Å². The zero-order valence-corrected chi connectivity index (χ0v) is 14.8. The van der Waals surface area contributed by atoms with Gasteiger partial charge in [0.15, 0.2) is 0 Å². The molecule has 0 saturated heterocycles. The normalized spacial score (nSPS) is 15.5. The average Bonchev–Trinajstić information content (AvgIpc) is 2.46. The van der Waals surface area contributed by atoms with Crippen LogP contribution in [0, 0.1) is 25.2 Å². The first-order valence-corrected chi connectivity index (χ1v) is 7.14. The molecule has 0 bridgehead atoms. The molecule has 0 aliphatic carbocycles. The van der Waals surface area contributed by atoms with Gasteiger partial charge in [-0.1, -0.05) is 12.5 Å². The molecule has 2 rings (SSSR count). The third kappa shape index (κ3) is 6.00. The molecule has 6 nitrogen and oxygen atoms in total.